The molecular weight excluding hydrogens is 224 g/mol. The third kappa shape index (κ3) is 3.56. The number of hydrogen-bond donors (Lipinski definition) is 1. The highest BCUT2D eigenvalue weighted by molar-refractivity contribution is 6.29. The fraction of sp³-hybridized carbons (Fsp3) is 0.333. The van der Waals surface area contributed by atoms with Crippen molar-refractivity contribution in [1.29, 1.82) is 0 Å². The van der Waals surface area contributed by atoms with Gasteiger partial charge in [-0.3, -0.25) is 4.79 Å². The highest BCUT2D eigenvalue weighted by atomic mass is 35.5. The molecule has 0 aliphatic rings. The minimum atomic E-state index is -0.185. The molecule has 3 nitrogen and oxygen atoms in total. The van der Waals surface area contributed by atoms with E-state index in [0.717, 1.165) is 0 Å². The Morgan fingerprint density at radius 1 is 1.69 bits per heavy atom. The predicted molar refractivity (Wildman–Crippen MR) is 64.4 cm³/mol. The summed E-state index contributed by atoms with van der Waals surface area (Å²) in [7, 11) is 0. The lowest BCUT2D eigenvalue weighted by molar-refractivity contribution is 0.0940. The Bertz CT molecular complexity index is 417. The number of aromatic nitrogens is 1. The number of pyridine rings is 1. The molecule has 1 atom stereocenters. The number of halogens is 1. The van der Waals surface area contributed by atoms with Crippen molar-refractivity contribution in [1.82, 2.24) is 10.3 Å². The van der Waals surface area contributed by atoms with Crippen LogP contribution in [0.1, 0.15) is 29.4 Å². The number of carbonyl (C=O) groups excluding carboxylic acids is 1. The van der Waals surface area contributed by atoms with Crippen LogP contribution in [0.2, 0.25) is 5.15 Å². The molecular formula is C12H13ClN2O. The van der Waals surface area contributed by atoms with E-state index in [1.54, 1.807) is 13.0 Å². The molecule has 0 aromatic carbocycles. The summed E-state index contributed by atoms with van der Waals surface area (Å²) in [4.78, 5) is 15.8. The van der Waals surface area contributed by atoms with E-state index >= 15 is 0 Å². The zero-order chi connectivity index (χ0) is 12.1. The highest BCUT2D eigenvalue weighted by Gasteiger charge is 2.10. The van der Waals surface area contributed by atoms with Gasteiger partial charge in [0.1, 0.15) is 5.15 Å². The topological polar surface area (TPSA) is 42.0 Å². The quantitative estimate of drug-likeness (QED) is 0.646. The molecule has 1 heterocycles. The van der Waals surface area contributed by atoms with E-state index in [0.29, 0.717) is 22.8 Å². The first-order valence-corrected chi connectivity index (χ1v) is 5.29. The van der Waals surface area contributed by atoms with Gasteiger partial charge in [0, 0.05) is 23.7 Å². The predicted octanol–water partition coefficient (Wildman–Crippen LogP) is 2.19. The van der Waals surface area contributed by atoms with Crippen LogP contribution in [0.25, 0.3) is 0 Å². The zero-order valence-corrected chi connectivity index (χ0v) is 10.0. The van der Waals surface area contributed by atoms with Gasteiger partial charge in [0.05, 0.1) is 0 Å². The standard InChI is InChI=1S/C12H13ClN2O/c1-4-5-8(2)15-12(16)10-6-9(3)14-11(13)7-10/h1,6-8H,5H2,2-3H3,(H,15,16). The Morgan fingerprint density at radius 3 is 2.94 bits per heavy atom. The molecule has 0 fully saturated rings. The van der Waals surface area contributed by atoms with Crippen molar-refractivity contribution in [2.75, 3.05) is 0 Å². The van der Waals surface area contributed by atoms with Gasteiger partial charge in [0.15, 0.2) is 0 Å². The third-order valence-electron chi connectivity index (χ3n) is 1.99. The number of carbonyl (C=O) groups is 1. The summed E-state index contributed by atoms with van der Waals surface area (Å²) in [6, 6.07) is 3.17. The van der Waals surface area contributed by atoms with E-state index in [-0.39, 0.29) is 11.9 Å². The molecule has 0 saturated heterocycles. The summed E-state index contributed by atoms with van der Waals surface area (Å²) >= 11 is 5.77. The third-order valence-corrected chi connectivity index (χ3v) is 2.18. The molecule has 1 N–H and O–H groups in total. The highest BCUT2D eigenvalue weighted by Crippen LogP contribution is 2.10. The lowest BCUT2D eigenvalue weighted by Crippen LogP contribution is -2.32. The average molecular weight is 237 g/mol. The van der Waals surface area contributed by atoms with Crippen molar-refractivity contribution in [3.8, 4) is 12.3 Å². The van der Waals surface area contributed by atoms with Crippen LogP contribution in [0.5, 0.6) is 0 Å². The summed E-state index contributed by atoms with van der Waals surface area (Å²) in [5, 5.41) is 3.10. The van der Waals surface area contributed by atoms with Gasteiger partial charge in [-0.05, 0) is 26.0 Å². The van der Waals surface area contributed by atoms with Gasteiger partial charge in [0.25, 0.3) is 5.91 Å². The van der Waals surface area contributed by atoms with Crippen LogP contribution in [-0.4, -0.2) is 16.9 Å². The largest absolute Gasteiger partial charge is 0.349 e. The molecule has 4 heteroatoms. The maximum absolute atomic E-state index is 11.8. The molecule has 16 heavy (non-hydrogen) atoms. The fourth-order valence-electron chi connectivity index (χ4n) is 1.29. The summed E-state index contributed by atoms with van der Waals surface area (Å²) in [6.45, 7) is 3.64. The lowest BCUT2D eigenvalue weighted by Gasteiger charge is -2.11. The molecule has 1 aromatic heterocycles. The van der Waals surface area contributed by atoms with E-state index in [2.05, 4.69) is 16.2 Å². The van der Waals surface area contributed by atoms with Crippen LogP contribution in [0.3, 0.4) is 0 Å². The van der Waals surface area contributed by atoms with Crippen LogP contribution in [0, 0.1) is 19.3 Å². The second kappa shape index (κ2) is 5.53. The second-order valence-corrected chi connectivity index (χ2v) is 3.99. The molecule has 1 rings (SSSR count). The second-order valence-electron chi connectivity index (χ2n) is 3.60. The van der Waals surface area contributed by atoms with Crippen LogP contribution in [0.15, 0.2) is 12.1 Å². The smallest absolute Gasteiger partial charge is 0.251 e. The minimum absolute atomic E-state index is 0.0512. The summed E-state index contributed by atoms with van der Waals surface area (Å²) in [5.74, 6) is 2.31. The first-order chi connectivity index (χ1) is 7.52. The molecule has 0 spiro atoms. The van der Waals surface area contributed by atoms with Crippen LogP contribution in [-0.2, 0) is 0 Å². The molecule has 0 radical (unpaired) electrons. The number of hydrogen-bond acceptors (Lipinski definition) is 2. The van der Waals surface area contributed by atoms with Gasteiger partial charge >= 0.3 is 0 Å². The summed E-state index contributed by atoms with van der Waals surface area (Å²) in [6.07, 6.45) is 5.66. The molecule has 0 aliphatic carbocycles. The number of nitrogens with one attached hydrogen (secondary N) is 1. The molecule has 1 amide bonds. The molecule has 0 aliphatic heterocycles. The van der Waals surface area contributed by atoms with Crippen LogP contribution < -0.4 is 5.32 Å². The van der Waals surface area contributed by atoms with E-state index in [1.807, 2.05) is 6.92 Å². The number of nitrogens with zero attached hydrogens (tertiary/aromatic N) is 1. The molecule has 1 aromatic rings. The van der Waals surface area contributed by atoms with Gasteiger partial charge in [-0.1, -0.05) is 11.6 Å². The van der Waals surface area contributed by atoms with Crippen molar-refractivity contribution in [3.05, 3.63) is 28.5 Å². The van der Waals surface area contributed by atoms with Crippen LogP contribution in [0.4, 0.5) is 0 Å². The van der Waals surface area contributed by atoms with Crippen molar-refractivity contribution in [2.24, 2.45) is 0 Å². The lowest BCUT2D eigenvalue weighted by atomic mass is 10.2. The monoisotopic (exact) mass is 236 g/mol. The van der Waals surface area contributed by atoms with Gasteiger partial charge in [-0.15, -0.1) is 12.3 Å². The van der Waals surface area contributed by atoms with Gasteiger partial charge in [-0.2, -0.15) is 0 Å². The number of aryl methyl sites for hydroxylation is 1. The summed E-state index contributed by atoms with van der Waals surface area (Å²) < 4.78 is 0. The normalized spacial score (nSPS) is 11.6. The molecule has 84 valence electrons. The Kier molecular flexibility index (Phi) is 4.33. The SMILES string of the molecule is C#CCC(C)NC(=O)c1cc(C)nc(Cl)c1. The van der Waals surface area contributed by atoms with E-state index in [4.69, 9.17) is 18.0 Å². The van der Waals surface area contributed by atoms with E-state index < -0.39 is 0 Å². The number of terminal acetylenes is 1. The van der Waals surface area contributed by atoms with Gasteiger partial charge < -0.3 is 5.32 Å². The van der Waals surface area contributed by atoms with Crippen LogP contribution >= 0.6 is 11.6 Å². The number of rotatable bonds is 3. The van der Waals surface area contributed by atoms with E-state index in [9.17, 15) is 4.79 Å². The summed E-state index contributed by atoms with van der Waals surface area (Å²) in [5.41, 5.74) is 1.21. The Labute approximate surface area is 100 Å². The minimum Gasteiger partial charge on any atom is -0.349 e. The Balaban J connectivity index is 2.77. The molecule has 1 unspecified atom stereocenters. The zero-order valence-electron chi connectivity index (χ0n) is 9.25. The average Bonchev–Trinajstić information content (AvgIpc) is 2.16. The van der Waals surface area contributed by atoms with Crippen molar-refractivity contribution < 1.29 is 4.79 Å². The number of amides is 1. The van der Waals surface area contributed by atoms with E-state index in [1.165, 1.54) is 6.07 Å². The maximum Gasteiger partial charge on any atom is 0.251 e. The van der Waals surface area contributed by atoms with Gasteiger partial charge in [-0.25, -0.2) is 4.98 Å². The fourth-order valence-corrected chi connectivity index (χ4v) is 1.54. The van der Waals surface area contributed by atoms with Gasteiger partial charge in [0.2, 0.25) is 0 Å². The molecule has 0 saturated carbocycles. The Morgan fingerprint density at radius 2 is 2.38 bits per heavy atom. The van der Waals surface area contributed by atoms with Crippen molar-refractivity contribution in [3.63, 3.8) is 0 Å². The first-order valence-electron chi connectivity index (χ1n) is 4.91. The van der Waals surface area contributed by atoms with Crippen molar-refractivity contribution in [2.45, 2.75) is 26.3 Å². The maximum atomic E-state index is 11.8. The Hall–Kier alpha value is -1.53. The van der Waals surface area contributed by atoms with Crippen molar-refractivity contribution >= 4 is 17.5 Å². The first kappa shape index (κ1) is 12.5. The molecule has 0 bridgehead atoms.